The van der Waals surface area contributed by atoms with Gasteiger partial charge in [-0.3, -0.25) is 4.57 Å². The molecule has 0 spiro atoms. The lowest BCUT2D eigenvalue weighted by molar-refractivity contribution is -0.194. The summed E-state index contributed by atoms with van der Waals surface area (Å²) in [5.41, 5.74) is 4.06. The molecule has 0 bridgehead atoms. The Labute approximate surface area is 149 Å². The van der Waals surface area contributed by atoms with Crippen molar-refractivity contribution in [3.05, 3.63) is 72.2 Å². The van der Waals surface area contributed by atoms with E-state index in [1.165, 1.54) is 0 Å². The third-order valence-corrected chi connectivity index (χ3v) is 4.29. The van der Waals surface area contributed by atoms with E-state index in [4.69, 9.17) is 9.78 Å². The van der Waals surface area contributed by atoms with Gasteiger partial charge in [0.15, 0.2) is 5.75 Å². The first-order chi connectivity index (χ1) is 12.9. The molecule has 1 aliphatic rings. The van der Waals surface area contributed by atoms with Gasteiger partial charge < -0.3 is 10.2 Å². The van der Waals surface area contributed by atoms with Crippen LogP contribution in [-0.4, -0.2) is 19.5 Å². The normalized spacial score (nSPS) is 12.8. The smallest absolute Gasteiger partial charge is 0.224 e. The van der Waals surface area contributed by atoms with Gasteiger partial charge in [0, 0.05) is 18.3 Å². The van der Waals surface area contributed by atoms with Gasteiger partial charge in [0.2, 0.25) is 5.95 Å². The van der Waals surface area contributed by atoms with E-state index in [1.807, 2.05) is 53.1 Å². The highest BCUT2D eigenvalue weighted by atomic mass is 17.2. The molecular weight excluding hydrogens is 330 g/mol. The molecule has 1 N–H and O–H groups in total. The number of anilines is 1. The highest BCUT2D eigenvalue weighted by Crippen LogP contribution is 2.27. The Morgan fingerprint density at radius 1 is 1.08 bits per heavy atom. The second-order valence-corrected chi connectivity index (χ2v) is 5.98. The van der Waals surface area contributed by atoms with Gasteiger partial charge in [-0.05, 0) is 29.8 Å². The molecule has 128 valence electrons. The fourth-order valence-corrected chi connectivity index (χ4v) is 2.95. The number of fused-ring (bicyclic) bond motifs is 2. The lowest BCUT2D eigenvalue weighted by Crippen LogP contribution is -2.06. The van der Waals surface area contributed by atoms with Crippen LogP contribution in [0.15, 0.2) is 61.1 Å². The van der Waals surface area contributed by atoms with Crippen LogP contribution < -0.4 is 10.2 Å². The predicted molar refractivity (Wildman–Crippen MR) is 95.8 cm³/mol. The Hall–Kier alpha value is -3.45. The zero-order valence-corrected chi connectivity index (χ0v) is 13.8. The Bertz CT molecular complexity index is 1090. The predicted octanol–water partition coefficient (Wildman–Crippen LogP) is 3.25. The molecule has 26 heavy (non-hydrogen) atoms. The van der Waals surface area contributed by atoms with Crippen LogP contribution in [-0.2, 0) is 18.0 Å². The monoisotopic (exact) mass is 345 g/mol. The van der Waals surface area contributed by atoms with Gasteiger partial charge in [-0.15, -0.1) is 0 Å². The second kappa shape index (κ2) is 6.12. The quantitative estimate of drug-likeness (QED) is 0.572. The van der Waals surface area contributed by atoms with E-state index in [1.54, 1.807) is 12.5 Å². The van der Waals surface area contributed by atoms with Crippen molar-refractivity contribution in [2.24, 2.45) is 0 Å². The fourth-order valence-electron chi connectivity index (χ4n) is 2.95. The highest BCUT2D eigenvalue weighted by Gasteiger charge is 2.14. The van der Waals surface area contributed by atoms with Crippen LogP contribution in [0.3, 0.4) is 0 Å². The van der Waals surface area contributed by atoms with Crippen molar-refractivity contribution in [1.29, 1.82) is 0 Å². The summed E-state index contributed by atoms with van der Waals surface area (Å²) < 4.78 is 1.95. The van der Waals surface area contributed by atoms with E-state index in [-0.39, 0.29) is 0 Å². The van der Waals surface area contributed by atoms with Gasteiger partial charge in [-0.1, -0.05) is 24.3 Å². The third-order valence-electron chi connectivity index (χ3n) is 4.29. The molecule has 0 aliphatic carbocycles. The van der Waals surface area contributed by atoms with Crippen molar-refractivity contribution in [3.8, 4) is 11.6 Å². The fraction of sp³-hybridized carbons (Fsp3) is 0.105. The lowest BCUT2D eigenvalue weighted by Gasteiger charge is -2.08. The average molecular weight is 345 g/mol. The number of nitrogens with zero attached hydrogens (tertiary/aromatic N) is 4. The van der Waals surface area contributed by atoms with Gasteiger partial charge in [-0.2, -0.15) is 9.87 Å². The molecule has 7 heteroatoms. The SMILES string of the molecule is c1ccc2c(c1)ncn2-c1ccnc(NCc2ccc3c(c2)OOC3)n1. The number of nitrogens with one attached hydrogen (secondary N) is 1. The third kappa shape index (κ3) is 2.64. The number of benzene rings is 2. The number of hydrogen-bond donors (Lipinski definition) is 1. The number of imidazole rings is 1. The minimum absolute atomic E-state index is 0.493. The van der Waals surface area contributed by atoms with Crippen LogP contribution >= 0.6 is 0 Å². The summed E-state index contributed by atoms with van der Waals surface area (Å²) in [6.07, 6.45) is 3.51. The zero-order valence-electron chi connectivity index (χ0n) is 13.8. The van der Waals surface area contributed by atoms with E-state index >= 15 is 0 Å². The molecule has 0 atom stereocenters. The summed E-state index contributed by atoms with van der Waals surface area (Å²) in [6, 6.07) is 15.8. The van der Waals surface area contributed by atoms with Crippen LogP contribution in [0.5, 0.6) is 5.75 Å². The summed E-state index contributed by atoms with van der Waals surface area (Å²) in [6.45, 7) is 1.08. The molecule has 0 radical (unpaired) electrons. The Morgan fingerprint density at radius 3 is 3.04 bits per heavy atom. The molecule has 5 rings (SSSR count). The Kier molecular flexibility index (Phi) is 3.50. The molecule has 0 saturated carbocycles. The van der Waals surface area contributed by atoms with Crippen molar-refractivity contribution in [2.45, 2.75) is 13.2 Å². The molecule has 0 fully saturated rings. The van der Waals surface area contributed by atoms with Crippen LogP contribution in [0.25, 0.3) is 16.9 Å². The maximum Gasteiger partial charge on any atom is 0.224 e. The van der Waals surface area contributed by atoms with Crippen molar-refractivity contribution in [3.63, 3.8) is 0 Å². The van der Waals surface area contributed by atoms with Crippen molar-refractivity contribution in [2.75, 3.05) is 5.32 Å². The summed E-state index contributed by atoms with van der Waals surface area (Å²) in [7, 11) is 0. The molecule has 2 aromatic heterocycles. The Morgan fingerprint density at radius 2 is 2.04 bits per heavy atom. The minimum atomic E-state index is 0.493. The first kappa shape index (κ1) is 14.9. The highest BCUT2D eigenvalue weighted by molar-refractivity contribution is 5.76. The first-order valence-electron chi connectivity index (χ1n) is 8.27. The maximum atomic E-state index is 5.13. The number of rotatable bonds is 4. The largest absolute Gasteiger partial charge is 0.350 e. The van der Waals surface area contributed by atoms with Crippen LogP contribution in [0.4, 0.5) is 5.95 Å². The van der Waals surface area contributed by atoms with Crippen molar-refractivity contribution in [1.82, 2.24) is 19.5 Å². The molecule has 3 heterocycles. The number of hydrogen-bond acceptors (Lipinski definition) is 6. The summed E-state index contributed by atoms with van der Waals surface area (Å²) in [5.74, 6) is 2.09. The summed E-state index contributed by atoms with van der Waals surface area (Å²) in [5, 5.41) is 3.25. The standard InChI is InChI=1S/C19H15N5O2/c1-2-4-16-15(3-1)22-12-24(16)18-7-8-20-19(23-18)21-10-13-5-6-14-11-25-26-17(14)9-13/h1-9,12H,10-11H2,(H,20,21,23). The van der Waals surface area contributed by atoms with Crippen molar-refractivity contribution >= 4 is 17.0 Å². The van der Waals surface area contributed by atoms with E-state index in [9.17, 15) is 0 Å². The molecular formula is C19H15N5O2. The maximum absolute atomic E-state index is 5.13. The molecule has 1 aliphatic heterocycles. The van der Waals surface area contributed by atoms with E-state index in [0.717, 1.165) is 33.7 Å². The van der Waals surface area contributed by atoms with Crippen LogP contribution in [0.2, 0.25) is 0 Å². The zero-order chi connectivity index (χ0) is 17.3. The van der Waals surface area contributed by atoms with Crippen LogP contribution in [0, 0.1) is 0 Å². The summed E-state index contributed by atoms with van der Waals surface area (Å²) >= 11 is 0. The molecule has 0 saturated heterocycles. The van der Waals surface area contributed by atoms with Gasteiger partial charge in [0.25, 0.3) is 0 Å². The van der Waals surface area contributed by atoms with Crippen molar-refractivity contribution < 1.29 is 9.78 Å². The summed E-state index contributed by atoms with van der Waals surface area (Å²) in [4.78, 5) is 23.4. The number of para-hydroxylation sites is 2. The van der Waals surface area contributed by atoms with Gasteiger partial charge in [0.05, 0.1) is 11.0 Å². The molecule has 2 aromatic carbocycles. The van der Waals surface area contributed by atoms with E-state index in [0.29, 0.717) is 19.1 Å². The van der Waals surface area contributed by atoms with Gasteiger partial charge in [0.1, 0.15) is 18.8 Å². The Balaban J connectivity index is 1.38. The van der Waals surface area contributed by atoms with E-state index in [2.05, 4.69) is 20.3 Å². The van der Waals surface area contributed by atoms with Gasteiger partial charge >= 0.3 is 0 Å². The molecule has 7 nitrogen and oxygen atoms in total. The molecule has 0 amide bonds. The minimum Gasteiger partial charge on any atom is -0.350 e. The molecule has 4 aromatic rings. The van der Waals surface area contributed by atoms with E-state index < -0.39 is 0 Å². The van der Waals surface area contributed by atoms with Crippen LogP contribution in [0.1, 0.15) is 11.1 Å². The first-order valence-corrected chi connectivity index (χ1v) is 8.27. The molecule has 0 unspecified atom stereocenters. The second-order valence-electron chi connectivity index (χ2n) is 5.98. The average Bonchev–Trinajstić information content (AvgIpc) is 3.33. The topological polar surface area (TPSA) is 74.1 Å². The lowest BCUT2D eigenvalue weighted by atomic mass is 10.1. The number of aromatic nitrogens is 4. The van der Waals surface area contributed by atoms with Gasteiger partial charge in [-0.25, -0.2) is 9.97 Å².